The lowest BCUT2D eigenvalue weighted by molar-refractivity contribution is 0.0950. The number of rotatable bonds is 3. The summed E-state index contributed by atoms with van der Waals surface area (Å²) in [4.78, 5) is 11.9. The SMILES string of the molecule is Cc1cc(O)ccc1C(=O)NCc1cnn(C)c1. The summed E-state index contributed by atoms with van der Waals surface area (Å²) in [6, 6.07) is 4.69. The first-order valence-corrected chi connectivity index (χ1v) is 5.61. The normalized spacial score (nSPS) is 10.3. The number of phenols is 1. The van der Waals surface area contributed by atoms with Crippen molar-refractivity contribution in [2.45, 2.75) is 13.5 Å². The van der Waals surface area contributed by atoms with E-state index in [0.29, 0.717) is 12.1 Å². The van der Waals surface area contributed by atoms with Crippen LogP contribution in [0.3, 0.4) is 0 Å². The molecule has 0 aliphatic rings. The zero-order chi connectivity index (χ0) is 13.1. The molecule has 1 amide bonds. The van der Waals surface area contributed by atoms with Crippen molar-refractivity contribution >= 4 is 5.91 Å². The number of benzene rings is 1. The van der Waals surface area contributed by atoms with Crippen LogP contribution >= 0.6 is 0 Å². The fraction of sp³-hybridized carbons (Fsp3) is 0.231. The van der Waals surface area contributed by atoms with Gasteiger partial charge in [0.15, 0.2) is 0 Å². The summed E-state index contributed by atoms with van der Waals surface area (Å²) in [5.74, 6) is 0.00709. The van der Waals surface area contributed by atoms with Gasteiger partial charge in [-0.2, -0.15) is 5.10 Å². The quantitative estimate of drug-likeness (QED) is 0.858. The lowest BCUT2D eigenvalue weighted by atomic mass is 10.1. The molecule has 2 rings (SSSR count). The Balaban J connectivity index is 2.03. The van der Waals surface area contributed by atoms with Crippen LogP contribution in [-0.2, 0) is 13.6 Å². The summed E-state index contributed by atoms with van der Waals surface area (Å²) in [7, 11) is 1.83. The van der Waals surface area contributed by atoms with Crippen LogP contribution < -0.4 is 5.32 Å². The number of amides is 1. The van der Waals surface area contributed by atoms with E-state index < -0.39 is 0 Å². The van der Waals surface area contributed by atoms with Gasteiger partial charge in [0, 0.05) is 30.9 Å². The zero-order valence-electron chi connectivity index (χ0n) is 10.3. The summed E-state index contributed by atoms with van der Waals surface area (Å²) in [6.45, 7) is 2.23. The first-order chi connectivity index (χ1) is 8.56. The maximum absolute atomic E-state index is 11.9. The maximum Gasteiger partial charge on any atom is 0.251 e. The Bertz CT molecular complexity index is 575. The monoisotopic (exact) mass is 245 g/mol. The van der Waals surface area contributed by atoms with E-state index >= 15 is 0 Å². The topological polar surface area (TPSA) is 67.2 Å². The van der Waals surface area contributed by atoms with Gasteiger partial charge in [-0.05, 0) is 30.7 Å². The standard InChI is InChI=1S/C13H15N3O2/c1-9-5-11(17)3-4-12(9)13(18)14-6-10-7-15-16(2)8-10/h3-5,7-8,17H,6H2,1-2H3,(H,14,18). The van der Waals surface area contributed by atoms with E-state index in [1.165, 1.54) is 6.07 Å². The van der Waals surface area contributed by atoms with Crippen molar-refractivity contribution < 1.29 is 9.90 Å². The molecule has 94 valence electrons. The Labute approximate surface area is 105 Å². The molecule has 0 aliphatic heterocycles. The number of aryl methyl sites for hydroxylation is 2. The first kappa shape index (κ1) is 12.2. The predicted octanol–water partition coefficient (Wildman–Crippen LogP) is 1.36. The number of carbonyl (C=O) groups excluding carboxylic acids is 1. The minimum Gasteiger partial charge on any atom is -0.508 e. The molecule has 5 nitrogen and oxygen atoms in total. The summed E-state index contributed by atoms with van der Waals surface area (Å²) in [5, 5.41) is 16.1. The second kappa shape index (κ2) is 4.91. The lowest BCUT2D eigenvalue weighted by Crippen LogP contribution is -2.23. The number of aromatic hydroxyl groups is 1. The Morgan fingerprint density at radius 1 is 1.50 bits per heavy atom. The molecule has 0 saturated carbocycles. The minimum atomic E-state index is -0.156. The number of nitrogens with zero attached hydrogens (tertiary/aromatic N) is 2. The molecule has 2 aromatic rings. The summed E-state index contributed by atoms with van der Waals surface area (Å²) in [5.41, 5.74) is 2.26. The van der Waals surface area contributed by atoms with Gasteiger partial charge in [0.25, 0.3) is 5.91 Å². The van der Waals surface area contributed by atoms with Crippen LogP contribution in [0.4, 0.5) is 0 Å². The van der Waals surface area contributed by atoms with Gasteiger partial charge in [0.1, 0.15) is 5.75 Å². The van der Waals surface area contributed by atoms with Crippen molar-refractivity contribution in [2.24, 2.45) is 7.05 Å². The van der Waals surface area contributed by atoms with E-state index in [0.717, 1.165) is 11.1 Å². The van der Waals surface area contributed by atoms with E-state index in [2.05, 4.69) is 10.4 Å². The molecular weight excluding hydrogens is 230 g/mol. The molecule has 2 N–H and O–H groups in total. The summed E-state index contributed by atoms with van der Waals surface area (Å²) in [6.07, 6.45) is 3.56. The van der Waals surface area contributed by atoms with Crippen molar-refractivity contribution in [1.29, 1.82) is 0 Å². The van der Waals surface area contributed by atoms with E-state index in [1.54, 1.807) is 29.9 Å². The van der Waals surface area contributed by atoms with Crippen LogP contribution in [0.25, 0.3) is 0 Å². The van der Waals surface area contributed by atoms with Gasteiger partial charge in [0.05, 0.1) is 6.20 Å². The van der Waals surface area contributed by atoms with Crippen LogP contribution in [0.5, 0.6) is 5.75 Å². The number of phenolic OH excluding ortho intramolecular Hbond substituents is 1. The molecule has 0 atom stereocenters. The van der Waals surface area contributed by atoms with Crippen LogP contribution in [0.1, 0.15) is 21.5 Å². The molecule has 5 heteroatoms. The molecule has 0 aliphatic carbocycles. The molecule has 1 aromatic carbocycles. The number of hydrogen-bond donors (Lipinski definition) is 2. The average molecular weight is 245 g/mol. The van der Waals surface area contributed by atoms with Gasteiger partial charge in [-0.25, -0.2) is 0 Å². The second-order valence-electron chi connectivity index (χ2n) is 4.20. The largest absolute Gasteiger partial charge is 0.508 e. The van der Waals surface area contributed by atoms with E-state index in [1.807, 2.05) is 13.2 Å². The molecule has 0 fully saturated rings. The van der Waals surface area contributed by atoms with Crippen molar-refractivity contribution in [1.82, 2.24) is 15.1 Å². The highest BCUT2D eigenvalue weighted by atomic mass is 16.3. The van der Waals surface area contributed by atoms with Crippen molar-refractivity contribution in [2.75, 3.05) is 0 Å². The third-order valence-corrected chi connectivity index (χ3v) is 2.67. The molecule has 18 heavy (non-hydrogen) atoms. The minimum absolute atomic E-state index is 0.156. The highest BCUT2D eigenvalue weighted by molar-refractivity contribution is 5.95. The van der Waals surface area contributed by atoms with Gasteiger partial charge < -0.3 is 10.4 Å². The van der Waals surface area contributed by atoms with Crippen molar-refractivity contribution in [3.63, 3.8) is 0 Å². The van der Waals surface area contributed by atoms with Crippen LogP contribution in [0.2, 0.25) is 0 Å². The molecule has 0 unspecified atom stereocenters. The van der Waals surface area contributed by atoms with E-state index in [-0.39, 0.29) is 11.7 Å². The molecule has 0 bridgehead atoms. The Morgan fingerprint density at radius 2 is 2.28 bits per heavy atom. The third-order valence-electron chi connectivity index (χ3n) is 2.67. The van der Waals surface area contributed by atoms with Gasteiger partial charge >= 0.3 is 0 Å². The molecule has 0 spiro atoms. The molecule has 0 radical (unpaired) electrons. The smallest absolute Gasteiger partial charge is 0.251 e. The number of hydrogen-bond acceptors (Lipinski definition) is 3. The van der Waals surface area contributed by atoms with Crippen molar-refractivity contribution in [3.8, 4) is 5.75 Å². The average Bonchev–Trinajstić information content (AvgIpc) is 2.72. The number of carbonyl (C=O) groups is 1. The molecular formula is C13H15N3O2. The van der Waals surface area contributed by atoms with Crippen molar-refractivity contribution in [3.05, 3.63) is 47.3 Å². The summed E-state index contributed by atoms with van der Waals surface area (Å²) >= 11 is 0. The molecule has 1 aromatic heterocycles. The third kappa shape index (κ3) is 2.68. The van der Waals surface area contributed by atoms with Gasteiger partial charge in [0.2, 0.25) is 0 Å². The summed E-state index contributed by atoms with van der Waals surface area (Å²) < 4.78 is 1.69. The van der Waals surface area contributed by atoms with E-state index in [9.17, 15) is 9.90 Å². The highest BCUT2D eigenvalue weighted by Gasteiger charge is 2.09. The van der Waals surface area contributed by atoms with Gasteiger partial charge in [-0.3, -0.25) is 9.48 Å². The Morgan fingerprint density at radius 3 is 2.89 bits per heavy atom. The second-order valence-corrected chi connectivity index (χ2v) is 4.20. The Hall–Kier alpha value is -2.30. The van der Waals surface area contributed by atoms with E-state index in [4.69, 9.17) is 0 Å². The fourth-order valence-corrected chi connectivity index (χ4v) is 1.74. The van der Waals surface area contributed by atoms with Crippen LogP contribution in [0.15, 0.2) is 30.6 Å². The predicted molar refractivity (Wildman–Crippen MR) is 67.2 cm³/mol. The van der Waals surface area contributed by atoms with Crippen LogP contribution in [-0.4, -0.2) is 20.8 Å². The van der Waals surface area contributed by atoms with Gasteiger partial charge in [-0.1, -0.05) is 0 Å². The first-order valence-electron chi connectivity index (χ1n) is 5.61. The fourth-order valence-electron chi connectivity index (χ4n) is 1.74. The number of aromatic nitrogens is 2. The molecule has 1 heterocycles. The highest BCUT2D eigenvalue weighted by Crippen LogP contribution is 2.15. The maximum atomic E-state index is 11.9. The van der Waals surface area contributed by atoms with Crippen LogP contribution in [0, 0.1) is 6.92 Å². The number of nitrogens with one attached hydrogen (secondary N) is 1. The lowest BCUT2D eigenvalue weighted by Gasteiger charge is -2.07. The van der Waals surface area contributed by atoms with Gasteiger partial charge in [-0.15, -0.1) is 0 Å². The molecule has 0 saturated heterocycles. The zero-order valence-corrected chi connectivity index (χ0v) is 10.3. The Kier molecular flexibility index (Phi) is 3.32.